The second-order valence-electron chi connectivity index (χ2n) is 3.26. The van der Waals surface area contributed by atoms with Crippen LogP contribution in [-0.2, 0) is 0 Å². The molecule has 1 N–H and O–H groups in total. The van der Waals surface area contributed by atoms with E-state index in [9.17, 15) is 0 Å². The molecule has 0 aliphatic carbocycles. The molecule has 0 amide bonds. The highest BCUT2D eigenvalue weighted by Gasteiger charge is 2.03. The van der Waals surface area contributed by atoms with Gasteiger partial charge >= 0.3 is 0 Å². The highest BCUT2D eigenvalue weighted by Crippen LogP contribution is 2.17. The van der Waals surface area contributed by atoms with Crippen LogP contribution in [0.5, 0.6) is 0 Å². The van der Waals surface area contributed by atoms with Gasteiger partial charge in [0.25, 0.3) is 0 Å². The first-order valence-electron chi connectivity index (χ1n) is 4.40. The molecule has 0 aliphatic heterocycles. The summed E-state index contributed by atoms with van der Waals surface area (Å²) in [5.41, 5.74) is 2.04. The summed E-state index contributed by atoms with van der Waals surface area (Å²) in [5.74, 6) is 0.851. The van der Waals surface area contributed by atoms with Gasteiger partial charge in [0, 0.05) is 32.1 Å². The van der Waals surface area contributed by atoms with Crippen molar-refractivity contribution in [1.29, 1.82) is 0 Å². The zero-order chi connectivity index (χ0) is 9.97. The molecule has 0 saturated carbocycles. The molecule has 2 aromatic rings. The van der Waals surface area contributed by atoms with Crippen LogP contribution in [0.4, 0.5) is 5.95 Å². The second-order valence-corrected chi connectivity index (χ2v) is 3.26. The minimum atomic E-state index is 0.851. The maximum atomic E-state index is 4.23. The van der Waals surface area contributed by atoms with E-state index in [1.165, 1.54) is 0 Å². The van der Waals surface area contributed by atoms with Gasteiger partial charge in [-0.05, 0) is 12.1 Å². The lowest BCUT2D eigenvalue weighted by molar-refractivity contribution is 1.04. The number of aromatic nitrogens is 3. The van der Waals surface area contributed by atoms with E-state index in [4.69, 9.17) is 0 Å². The monoisotopic (exact) mass is 188 g/mol. The van der Waals surface area contributed by atoms with Crippen LogP contribution in [0.25, 0.3) is 11.3 Å². The predicted molar refractivity (Wildman–Crippen MR) is 56.1 cm³/mol. The molecule has 14 heavy (non-hydrogen) atoms. The largest absolute Gasteiger partial charge is 0.349 e. The van der Waals surface area contributed by atoms with Gasteiger partial charge in [-0.25, -0.2) is 4.98 Å². The summed E-state index contributed by atoms with van der Waals surface area (Å²) in [5, 5.41) is 0. The van der Waals surface area contributed by atoms with Crippen LogP contribution in [0.2, 0.25) is 0 Å². The van der Waals surface area contributed by atoms with Gasteiger partial charge in [-0.2, -0.15) is 0 Å². The number of imidazole rings is 1. The van der Waals surface area contributed by atoms with Crippen LogP contribution in [0, 0.1) is 0 Å². The minimum Gasteiger partial charge on any atom is -0.349 e. The quantitative estimate of drug-likeness (QED) is 0.777. The molecule has 0 aromatic carbocycles. The lowest BCUT2D eigenvalue weighted by Crippen LogP contribution is -2.09. The van der Waals surface area contributed by atoms with E-state index in [0.29, 0.717) is 0 Å². The van der Waals surface area contributed by atoms with Crippen LogP contribution < -0.4 is 4.90 Å². The third kappa shape index (κ3) is 1.59. The van der Waals surface area contributed by atoms with E-state index in [-0.39, 0.29) is 0 Å². The van der Waals surface area contributed by atoms with Crippen molar-refractivity contribution >= 4 is 5.95 Å². The Balaban J connectivity index is 2.34. The van der Waals surface area contributed by atoms with Crippen molar-refractivity contribution in [3.8, 4) is 11.3 Å². The lowest BCUT2D eigenvalue weighted by Gasteiger charge is -2.06. The molecule has 0 aliphatic rings. The molecule has 4 nitrogen and oxygen atoms in total. The van der Waals surface area contributed by atoms with E-state index >= 15 is 0 Å². The number of nitrogens with zero attached hydrogens (tertiary/aromatic N) is 3. The van der Waals surface area contributed by atoms with Gasteiger partial charge in [0.1, 0.15) is 0 Å². The summed E-state index contributed by atoms with van der Waals surface area (Å²) in [6.45, 7) is 0. The van der Waals surface area contributed by atoms with Gasteiger partial charge in [0.2, 0.25) is 5.95 Å². The summed E-state index contributed by atoms with van der Waals surface area (Å²) in [6.07, 6.45) is 5.38. The van der Waals surface area contributed by atoms with Crippen molar-refractivity contribution in [2.45, 2.75) is 0 Å². The van der Waals surface area contributed by atoms with Crippen LogP contribution in [0.3, 0.4) is 0 Å². The number of rotatable bonds is 2. The third-order valence-corrected chi connectivity index (χ3v) is 1.96. The van der Waals surface area contributed by atoms with E-state index < -0.39 is 0 Å². The molecule has 0 atom stereocenters. The van der Waals surface area contributed by atoms with Gasteiger partial charge in [0.05, 0.1) is 11.9 Å². The zero-order valence-electron chi connectivity index (χ0n) is 8.23. The van der Waals surface area contributed by atoms with Crippen LogP contribution in [0.15, 0.2) is 30.7 Å². The number of hydrogen-bond acceptors (Lipinski definition) is 3. The molecule has 72 valence electrons. The van der Waals surface area contributed by atoms with Crippen molar-refractivity contribution in [1.82, 2.24) is 15.0 Å². The molecular weight excluding hydrogens is 176 g/mol. The first-order chi connectivity index (χ1) is 6.77. The Labute approximate surface area is 82.6 Å². The number of hydrogen-bond donors (Lipinski definition) is 1. The fourth-order valence-corrected chi connectivity index (χ4v) is 1.21. The molecule has 4 heteroatoms. The Morgan fingerprint density at radius 2 is 2.14 bits per heavy atom. The van der Waals surface area contributed by atoms with Gasteiger partial charge < -0.3 is 9.88 Å². The van der Waals surface area contributed by atoms with E-state index in [0.717, 1.165) is 17.2 Å². The molecule has 2 aromatic heterocycles. The first kappa shape index (κ1) is 8.74. The SMILES string of the molecule is CN(C)c1ncc(-c2cccnc2)[nH]1. The fourth-order valence-electron chi connectivity index (χ4n) is 1.21. The average Bonchev–Trinajstić information content (AvgIpc) is 2.68. The number of pyridine rings is 1. The van der Waals surface area contributed by atoms with E-state index in [1.807, 2.05) is 43.5 Å². The number of nitrogens with one attached hydrogen (secondary N) is 1. The lowest BCUT2D eigenvalue weighted by atomic mass is 10.2. The van der Waals surface area contributed by atoms with Gasteiger partial charge in [-0.3, -0.25) is 4.98 Å². The van der Waals surface area contributed by atoms with Crippen molar-refractivity contribution in [2.24, 2.45) is 0 Å². The molecule has 0 saturated heterocycles. The van der Waals surface area contributed by atoms with Crippen LogP contribution in [0.1, 0.15) is 0 Å². The molecule has 2 rings (SSSR count). The Kier molecular flexibility index (Phi) is 2.18. The zero-order valence-corrected chi connectivity index (χ0v) is 8.23. The summed E-state index contributed by atoms with van der Waals surface area (Å²) in [6, 6.07) is 3.91. The van der Waals surface area contributed by atoms with Crippen LogP contribution >= 0.6 is 0 Å². The summed E-state index contributed by atoms with van der Waals surface area (Å²) >= 11 is 0. The average molecular weight is 188 g/mol. The van der Waals surface area contributed by atoms with Crippen molar-refractivity contribution in [2.75, 3.05) is 19.0 Å². The van der Waals surface area contributed by atoms with Gasteiger partial charge in [0.15, 0.2) is 0 Å². The molecule has 0 fully saturated rings. The highest BCUT2D eigenvalue weighted by atomic mass is 15.2. The predicted octanol–water partition coefficient (Wildman–Crippen LogP) is 1.54. The molecule has 0 unspecified atom stereocenters. The van der Waals surface area contributed by atoms with Crippen molar-refractivity contribution in [3.05, 3.63) is 30.7 Å². The first-order valence-corrected chi connectivity index (χ1v) is 4.40. The molecule has 0 bridgehead atoms. The normalized spacial score (nSPS) is 10.1. The maximum absolute atomic E-state index is 4.23. The maximum Gasteiger partial charge on any atom is 0.202 e. The highest BCUT2D eigenvalue weighted by molar-refractivity contribution is 5.58. The van der Waals surface area contributed by atoms with E-state index in [2.05, 4.69) is 15.0 Å². The Morgan fingerprint density at radius 3 is 2.71 bits per heavy atom. The number of aromatic amines is 1. The van der Waals surface area contributed by atoms with Gasteiger partial charge in [-0.1, -0.05) is 0 Å². The second kappa shape index (κ2) is 3.49. The Bertz CT molecular complexity index is 405. The molecular formula is C10H12N4. The Hall–Kier alpha value is -1.84. The number of H-pyrrole nitrogens is 1. The molecule has 2 heterocycles. The Morgan fingerprint density at radius 1 is 1.29 bits per heavy atom. The van der Waals surface area contributed by atoms with Gasteiger partial charge in [-0.15, -0.1) is 0 Å². The van der Waals surface area contributed by atoms with Crippen molar-refractivity contribution in [3.63, 3.8) is 0 Å². The topological polar surface area (TPSA) is 44.8 Å². The molecule has 0 spiro atoms. The standard InChI is InChI=1S/C10H12N4/c1-14(2)10-12-7-9(13-10)8-4-3-5-11-6-8/h3-7H,1-2H3,(H,12,13). The summed E-state index contributed by atoms with van der Waals surface area (Å²) in [4.78, 5) is 13.4. The van der Waals surface area contributed by atoms with E-state index in [1.54, 1.807) is 6.20 Å². The number of anilines is 1. The minimum absolute atomic E-state index is 0.851. The van der Waals surface area contributed by atoms with Crippen molar-refractivity contribution < 1.29 is 0 Å². The van der Waals surface area contributed by atoms with Crippen LogP contribution in [-0.4, -0.2) is 29.0 Å². The molecule has 0 radical (unpaired) electrons. The summed E-state index contributed by atoms with van der Waals surface area (Å²) < 4.78 is 0. The smallest absolute Gasteiger partial charge is 0.202 e. The third-order valence-electron chi connectivity index (χ3n) is 1.96. The fraction of sp³-hybridized carbons (Fsp3) is 0.200. The summed E-state index contributed by atoms with van der Waals surface area (Å²) in [7, 11) is 3.90.